The van der Waals surface area contributed by atoms with Crippen LogP contribution >= 0.6 is 23.4 Å². The number of aryl methyl sites for hydroxylation is 1. The molecule has 1 aromatic heterocycles. The SMILES string of the molecule is COc1cc(Cl)c(C)cc1-n1c(SCCC(C)=O)nc2ccccc2c1=O. The van der Waals surface area contributed by atoms with E-state index in [1.807, 2.05) is 25.1 Å². The number of hydrogen-bond acceptors (Lipinski definition) is 5. The van der Waals surface area contributed by atoms with Gasteiger partial charge in [0.2, 0.25) is 0 Å². The summed E-state index contributed by atoms with van der Waals surface area (Å²) in [4.78, 5) is 29.2. The number of fused-ring (bicyclic) bond motifs is 1. The molecule has 5 nitrogen and oxygen atoms in total. The van der Waals surface area contributed by atoms with Crippen molar-refractivity contribution in [2.24, 2.45) is 0 Å². The molecule has 0 atom stereocenters. The van der Waals surface area contributed by atoms with Crippen molar-refractivity contribution < 1.29 is 9.53 Å². The summed E-state index contributed by atoms with van der Waals surface area (Å²) < 4.78 is 7.00. The summed E-state index contributed by atoms with van der Waals surface area (Å²) in [5.41, 5.74) is 1.83. The van der Waals surface area contributed by atoms with E-state index >= 15 is 0 Å². The first-order valence-corrected chi connectivity index (χ1v) is 9.77. The molecule has 0 radical (unpaired) electrons. The van der Waals surface area contributed by atoms with Crippen molar-refractivity contribution in [3.8, 4) is 11.4 Å². The molecule has 3 aromatic rings. The Morgan fingerprint density at radius 2 is 2.04 bits per heavy atom. The zero-order chi connectivity index (χ0) is 19.6. The Kier molecular flexibility index (Phi) is 5.87. The second kappa shape index (κ2) is 8.15. The lowest BCUT2D eigenvalue weighted by molar-refractivity contribution is -0.116. The topological polar surface area (TPSA) is 61.2 Å². The lowest BCUT2D eigenvalue weighted by Crippen LogP contribution is -2.22. The number of ketones is 1. The molecule has 0 aliphatic carbocycles. The first kappa shape index (κ1) is 19.5. The van der Waals surface area contributed by atoms with Gasteiger partial charge in [0.15, 0.2) is 5.16 Å². The van der Waals surface area contributed by atoms with E-state index in [-0.39, 0.29) is 11.3 Å². The van der Waals surface area contributed by atoms with Crippen LogP contribution in [0.2, 0.25) is 5.02 Å². The number of hydrogen-bond donors (Lipinski definition) is 0. The van der Waals surface area contributed by atoms with Crippen LogP contribution in [0, 0.1) is 6.92 Å². The summed E-state index contributed by atoms with van der Waals surface area (Å²) in [5.74, 6) is 1.12. The van der Waals surface area contributed by atoms with Crippen molar-refractivity contribution >= 4 is 40.0 Å². The summed E-state index contributed by atoms with van der Waals surface area (Å²) >= 11 is 7.59. The highest BCUT2D eigenvalue weighted by Gasteiger charge is 2.18. The number of halogens is 1. The minimum atomic E-state index is -0.189. The molecule has 0 N–H and O–H groups in total. The fourth-order valence-corrected chi connectivity index (χ4v) is 3.89. The van der Waals surface area contributed by atoms with Crippen LogP contribution in [0.15, 0.2) is 46.3 Å². The van der Waals surface area contributed by atoms with Gasteiger partial charge in [-0.2, -0.15) is 0 Å². The van der Waals surface area contributed by atoms with Crippen LogP contribution in [0.3, 0.4) is 0 Å². The summed E-state index contributed by atoms with van der Waals surface area (Å²) in [6.45, 7) is 3.42. The van der Waals surface area contributed by atoms with Crippen molar-refractivity contribution in [1.29, 1.82) is 0 Å². The number of methoxy groups -OCH3 is 1. The number of benzene rings is 2. The molecule has 3 rings (SSSR count). The standard InChI is InChI=1S/C20H19ClN2O3S/c1-12-10-17(18(26-3)11-15(12)21)23-19(25)14-6-4-5-7-16(14)22-20(23)27-9-8-13(2)24/h4-7,10-11H,8-9H2,1-3H3. The fraction of sp³-hybridized carbons (Fsp3) is 0.250. The molecule has 27 heavy (non-hydrogen) atoms. The molecule has 1 heterocycles. The first-order chi connectivity index (χ1) is 12.9. The van der Waals surface area contributed by atoms with Gasteiger partial charge in [-0.15, -0.1) is 0 Å². The Labute approximate surface area is 166 Å². The Morgan fingerprint density at radius 1 is 1.30 bits per heavy atom. The van der Waals surface area contributed by atoms with Crippen LogP contribution in [0.5, 0.6) is 5.75 Å². The predicted octanol–water partition coefficient (Wildman–Crippen LogP) is 4.43. The van der Waals surface area contributed by atoms with Gasteiger partial charge in [-0.3, -0.25) is 14.2 Å². The van der Waals surface area contributed by atoms with Crippen LogP contribution in [-0.4, -0.2) is 28.2 Å². The molecule has 0 spiro atoms. The average Bonchev–Trinajstić information content (AvgIpc) is 2.64. The molecule has 0 amide bonds. The highest BCUT2D eigenvalue weighted by Crippen LogP contribution is 2.32. The number of carbonyl (C=O) groups excluding carboxylic acids is 1. The van der Waals surface area contributed by atoms with Crippen molar-refractivity contribution in [3.05, 3.63) is 57.3 Å². The van der Waals surface area contributed by atoms with Crippen LogP contribution in [0.4, 0.5) is 0 Å². The minimum Gasteiger partial charge on any atom is -0.495 e. The van der Waals surface area contributed by atoms with E-state index in [9.17, 15) is 9.59 Å². The molecular weight excluding hydrogens is 384 g/mol. The van der Waals surface area contributed by atoms with E-state index in [0.717, 1.165) is 5.56 Å². The number of thioether (sulfide) groups is 1. The van der Waals surface area contributed by atoms with Gasteiger partial charge in [-0.05, 0) is 37.6 Å². The number of ether oxygens (including phenoxy) is 1. The monoisotopic (exact) mass is 402 g/mol. The predicted molar refractivity (Wildman–Crippen MR) is 110 cm³/mol. The normalized spacial score (nSPS) is 11.0. The smallest absolute Gasteiger partial charge is 0.266 e. The first-order valence-electron chi connectivity index (χ1n) is 8.41. The zero-order valence-electron chi connectivity index (χ0n) is 15.3. The average molecular weight is 403 g/mol. The third-order valence-electron chi connectivity index (χ3n) is 4.13. The lowest BCUT2D eigenvalue weighted by Gasteiger charge is -2.17. The van der Waals surface area contributed by atoms with Crippen LogP contribution in [0.1, 0.15) is 18.9 Å². The van der Waals surface area contributed by atoms with E-state index in [1.165, 1.54) is 23.4 Å². The van der Waals surface area contributed by atoms with Crippen molar-refractivity contribution in [2.45, 2.75) is 25.4 Å². The quantitative estimate of drug-likeness (QED) is 0.451. The van der Waals surface area contributed by atoms with E-state index in [0.29, 0.717) is 44.7 Å². The molecule has 0 aliphatic rings. The molecule has 0 unspecified atom stereocenters. The summed E-state index contributed by atoms with van der Waals surface area (Å²) in [6, 6.07) is 10.7. The van der Waals surface area contributed by atoms with E-state index in [4.69, 9.17) is 16.3 Å². The second-order valence-electron chi connectivity index (χ2n) is 6.13. The van der Waals surface area contributed by atoms with Gasteiger partial charge in [0.1, 0.15) is 11.5 Å². The van der Waals surface area contributed by atoms with Crippen LogP contribution in [0.25, 0.3) is 16.6 Å². The van der Waals surface area contributed by atoms with Gasteiger partial charge >= 0.3 is 0 Å². The molecule has 0 fully saturated rings. The third-order valence-corrected chi connectivity index (χ3v) is 5.48. The maximum Gasteiger partial charge on any atom is 0.266 e. The Balaban J connectivity index is 2.27. The van der Waals surface area contributed by atoms with Gasteiger partial charge in [0.25, 0.3) is 5.56 Å². The van der Waals surface area contributed by atoms with Crippen molar-refractivity contribution in [3.63, 3.8) is 0 Å². The molecular formula is C20H19ClN2O3S. The highest BCUT2D eigenvalue weighted by atomic mass is 35.5. The van der Waals surface area contributed by atoms with Crippen molar-refractivity contribution in [1.82, 2.24) is 9.55 Å². The van der Waals surface area contributed by atoms with Gasteiger partial charge in [0, 0.05) is 23.3 Å². The summed E-state index contributed by atoms with van der Waals surface area (Å²) in [6.07, 6.45) is 0.407. The molecule has 0 aliphatic heterocycles. The number of carbonyl (C=O) groups is 1. The van der Waals surface area contributed by atoms with E-state index < -0.39 is 0 Å². The number of nitrogens with zero attached hydrogens (tertiary/aromatic N) is 2. The maximum absolute atomic E-state index is 13.3. The molecule has 140 valence electrons. The third kappa shape index (κ3) is 4.01. The molecule has 2 aromatic carbocycles. The van der Waals surface area contributed by atoms with Crippen LogP contribution in [-0.2, 0) is 4.79 Å². The second-order valence-corrected chi connectivity index (χ2v) is 7.60. The Hall–Kier alpha value is -2.31. The van der Waals surface area contributed by atoms with Crippen LogP contribution < -0.4 is 10.3 Å². The molecule has 0 saturated carbocycles. The number of para-hydroxylation sites is 1. The summed E-state index contributed by atoms with van der Waals surface area (Å²) in [7, 11) is 1.53. The molecule has 0 saturated heterocycles. The molecule has 0 bridgehead atoms. The van der Waals surface area contributed by atoms with Gasteiger partial charge in [0.05, 0.1) is 23.7 Å². The van der Waals surface area contributed by atoms with E-state index in [2.05, 4.69) is 4.98 Å². The van der Waals surface area contributed by atoms with E-state index in [1.54, 1.807) is 25.1 Å². The Bertz CT molecular complexity index is 1080. The highest BCUT2D eigenvalue weighted by molar-refractivity contribution is 7.99. The maximum atomic E-state index is 13.3. The van der Waals surface area contributed by atoms with Crippen molar-refractivity contribution in [2.75, 3.05) is 12.9 Å². The molecule has 7 heteroatoms. The zero-order valence-corrected chi connectivity index (χ0v) is 16.9. The largest absolute Gasteiger partial charge is 0.495 e. The number of aromatic nitrogens is 2. The van der Waals surface area contributed by atoms with Gasteiger partial charge in [-0.25, -0.2) is 4.98 Å². The fourth-order valence-electron chi connectivity index (χ4n) is 2.69. The number of rotatable bonds is 6. The summed E-state index contributed by atoms with van der Waals surface area (Å²) in [5, 5.41) is 1.59. The lowest BCUT2D eigenvalue weighted by atomic mass is 10.2. The van der Waals surface area contributed by atoms with Gasteiger partial charge < -0.3 is 4.74 Å². The Morgan fingerprint density at radius 3 is 2.74 bits per heavy atom. The minimum absolute atomic E-state index is 0.0945. The number of Topliss-reactive ketones (excluding diaryl/α,β-unsaturated/α-hetero) is 1. The van der Waals surface area contributed by atoms with Gasteiger partial charge in [-0.1, -0.05) is 35.5 Å².